The Morgan fingerprint density at radius 3 is 0.879 bits per heavy atom. The van der Waals surface area contributed by atoms with E-state index in [1.807, 2.05) is 11.3 Å². The highest BCUT2D eigenvalue weighted by Crippen LogP contribution is 2.67. The quantitative estimate of drug-likeness (QED) is 0.164. The lowest BCUT2D eigenvalue weighted by atomic mass is 9.70. The van der Waals surface area contributed by atoms with Gasteiger partial charge < -0.3 is 0 Å². The van der Waals surface area contributed by atoms with E-state index in [0.29, 0.717) is 0 Å². The van der Waals surface area contributed by atoms with E-state index >= 15 is 0 Å². The van der Waals surface area contributed by atoms with E-state index in [9.17, 15) is 0 Å². The Labute approximate surface area is 534 Å². The molecule has 2 heterocycles. The van der Waals surface area contributed by atoms with Crippen LogP contribution < -0.4 is 0 Å². The van der Waals surface area contributed by atoms with Crippen LogP contribution in [0, 0.1) is 0 Å². The van der Waals surface area contributed by atoms with Crippen molar-refractivity contribution in [2.75, 3.05) is 0 Å². The largest absolute Gasteiger partial charge is 0.242 e. The molecule has 4 aliphatic rings. The van der Waals surface area contributed by atoms with Gasteiger partial charge in [-0.15, -0.1) is 11.3 Å². The predicted molar refractivity (Wildman–Crippen MR) is 382 cm³/mol. The molecule has 430 valence electrons. The van der Waals surface area contributed by atoms with E-state index < -0.39 is 10.8 Å². The molecule has 2 nitrogen and oxygen atoms in total. The van der Waals surface area contributed by atoms with Crippen LogP contribution in [0.1, 0.15) is 97.2 Å². The lowest BCUT2D eigenvalue weighted by Gasteiger charge is -2.30. The zero-order valence-electron chi connectivity index (χ0n) is 51.7. The number of thiophene rings is 1. The van der Waals surface area contributed by atoms with Gasteiger partial charge in [-0.25, -0.2) is 9.97 Å². The molecule has 0 radical (unpaired) electrons. The van der Waals surface area contributed by atoms with Gasteiger partial charge in [-0.2, -0.15) is 0 Å². The van der Waals surface area contributed by atoms with Crippen LogP contribution in [0.5, 0.6) is 0 Å². The van der Waals surface area contributed by atoms with E-state index in [-0.39, 0.29) is 10.8 Å². The highest BCUT2D eigenvalue weighted by molar-refractivity contribution is 7.21. The smallest absolute Gasteiger partial charge is 0.109 e. The molecule has 15 aromatic rings. The van der Waals surface area contributed by atoms with Crippen LogP contribution in [-0.2, 0) is 21.7 Å². The first-order valence-corrected chi connectivity index (χ1v) is 32.9. The number of fused-ring (bicyclic) bond motifs is 27. The second-order valence-corrected chi connectivity index (χ2v) is 28.8. The van der Waals surface area contributed by atoms with Crippen LogP contribution in [0.25, 0.3) is 131 Å². The molecule has 2 aromatic heterocycles. The first-order valence-electron chi connectivity index (χ1n) is 32.1. The molecule has 0 N–H and O–H groups in total. The van der Waals surface area contributed by atoms with E-state index in [1.54, 1.807) is 0 Å². The Kier molecular flexibility index (Phi) is 10.8. The fraction of sp³-hybridized carbons (Fsp3) is 0.114. The maximum atomic E-state index is 6.19. The van der Waals surface area contributed by atoms with Gasteiger partial charge in [0.05, 0.1) is 31.6 Å². The third kappa shape index (κ3) is 7.02. The minimum absolute atomic E-state index is 0.0442. The summed E-state index contributed by atoms with van der Waals surface area (Å²) in [6.45, 7) is 13.7. The molecule has 3 heteroatoms. The molecule has 2 spiro atoms. The van der Waals surface area contributed by atoms with Crippen molar-refractivity contribution >= 4 is 54.9 Å². The monoisotopic (exact) mass is 1180 g/mol. The SMILES string of the molecule is CC(C)(C)c1ccc(-c2ccc3c(c2)c2cc(-c4ccc(C(C)(C)C)cc4)ccc2c2nc4c(-c5cccc6c5-c5ccccc5C65c6ccccc6-c6ccccc65)sc(-c5cccc6c5-c5ccccc5C65c6ccccc6-c6ccccc65)c4nc32)cc1. The van der Waals surface area contributed by atoms with Gasteiger partial charge >= 0.3 is 0 Å². The van der Waals surface area contributed by atoms with Crippen LogP contribution in [0.3, 0.4) is 0 Å². The Bertz CT molecular complexity index is 5230. The Balaban J connectivity index is 0.927. The lowest BCUT2D eigenvalue weighted by Crippen LogP contribution is -2.25. The van der Waals surface area contributed by atoms with Gasteiger partial charge in [-0.05, 0) is 156 Å². The fourth-order valence-electron chi connectivity index (χ4n) is 17.0. The van der Waals surface area contributed by atoms with Crippen molar-refractivity contribution in [3.05, 3.63) is 323 Å². The Morgan fingerprint density at radius 1 is 0.253 bits per heavy atom. The number of hydrogen-bond acceptors (Lipinski definition) is 3. The molecule has 0 atom stereocenters. The predicted octanol–water partition coefficient (Wildman–Crippen LogP) is 23.1. The average Bonchev–Trinajstić information content (AvgIpc) is 1.52. The van der Waals surface area contributed by atoms with Gasteiger partial charge in [0.1, 0.15) is 11.0 Å². The second kappa shape index (κ2) is 18.6. The summed E-state index contributed by atoms with van der Waals surface area (Å²) >= 11 is 1.87. The van der Waals surface area contributed by atoms with Crippen LogP contribution >= 0.6 is 11.3 Å². The van der Waals surface area contributed by atoms with E-state index in [2.05, 4.69) is 308 Å². The van der Waals surface area contributed by atoms with Crippen LogP contribution in [0.15, 0.2) is 267 Å². The third-order valence-corrected chi connectivity index (χ3v) is 22.3. The standard InChI is InChI=1S/C88H62N2S/c1-85(2,3)55-43-37-51(38-44-55)53-41-47-61-67(49-53)68-50-54(52-39-45-56(46-40-52)86(4,5)6)42-48-62(68)80-79(61)89-81-82(90-80)84(66-28-20-36-76-78(66)64-26-12-18-34-74(64)88(76)71-31-15-9-23-59(71)60-24-10-16-32-72(60)88)91-83(81)65-27-19-35-75-77(65)63-25-11-17-33-73(63)87(75)69-29-13-7-21-57(69)58-22-8-14-30-70(58)87/h7-50H,1-6H3. The first kappa shape index (κ1) is 52.6. The van der Waals surface area contributed by atoms with Crippen LogP contribution in [-0.4, -0.2) is 9.97 Å². The van der Waals surface area contributed by atoms with Crippen LogP contribution in [0.2, 0.25) is 0 Å². The van der Waals surface area contributed by atoms with Crippen molar-refractivity contribution in [2.24, 2.45) is 0 Å². The Hall–Kier alpha value is -10.3. The molecule has 0 unspecified atom stereocenters. The van der Waals surface area contributed by atoms with Crippen molar-refractivity contribution in [3.8, 4) is 87.6 Å². The Morgan fingerprint density at radius 2 is 0.538 bits per heavy atom. The van der Waals surface area contributed by atoms with Crippen molar-refractivity contribution < 1.29 is 0 Å². The molecular formula is C88H62N2S. The molecule has 0 aliphatic heterocycles. The number of benzene rings is 13. The minimum Gasteiger partial charge on any atom is -0.242 e. The third-order valence-electron chi connectivity index (χ3n) is 21.1. The molecule has 4 aliphatic carbocycles. The summed E-state index contributed by atoms with van der Waals surface area (Å²) in [5.41, 5.74) is 33.2. The summed E-state index contributed by atoms with van der Waals surface area (Å²) in [7, 11) is 0. The number of hydrogen-bond donors (Lipinski definition) is 0. The molecular weight excluding hydrogens is 1120 g/mol. The zero-order chi connectivity index (χ0) is 60.9. The molecule has 19 rings (SSSR count). The molecule has 0 amide bonds. The maximum absolute atomic E-state index is 6.19. The summed E-state index contributed by atoms with van der Waals surface area (Å²) in [5, 5.41) is 4.49. The van der Waals surface area contributed by atoms with Gasteiger partial charge in [-0.3, -0.25) is 0 Å². The highest BCUT2D eigenvalue weighted by atomic mass is 32.1. The normalized spacial score (nSPS) is 14.2. The van der Waals surface area contributed by atoms with Crippen LogP contribution in [0.4, 0.5) is 0 Å². The van der Waals surface area contributed by atoms with Gasteiger partial charge in [0.25, 0.3) is 0 Å². The van der Waals surface area contributed by atoms with E-state index in [4.69, 9.17) is 9.97 Å². The van der Waals surface area contributed by atoms with Gasteiger partial charge in [0.2, 0.25) is 0 Å². The summed E-state index contributed by atoms with van der Waals surface area (Å²) in [6.07, 6.45) is 0. The fourth-order valence-corrected chi connectivity index (χ4v) is 18.2. The molecule has 0 bridgehead atoms. The molecule has 0 saturated heterocycles. The number of nitrogens with zero attached hydrogens (tertiary/aromatic N) is 2. The van der Waals surface area contributed by atoms with Crippen molar-refractivity contribution in [2.45, 2.75) is 63.2 Å². The van der Waals surface area contributed by atoms with E-state index in [0.717, 1.165) is 53.4 Å². The van der Waals surface area contributed by atoms with Gasteiger partial charge in [0.15, 0.2) is 0 Å². The topological polar surface area (TPSA) is 25.8 Å². The summed E-state index contributed by atoms with van der Waals surface area (Å²) in [6, 6.07) is 102. The first-order chi connectivity index (χ1) is 44.4. The summed E-state index contributed by atoms with van der Waals surface area (Å²) in [4.78, 5) is 14.6. The van der Waals surface area contributed by atoms with E-state index in [1.165, 1.54) is 134 Å². The lowest BCUT2D eigenvalue weighted by molar-refractivity contribution is 0.590. The van der Waals surface area contributed by atoms with Crippen molar-refractivity contribution in [3.63, 3.8) is 0 Å². The van der Waals surface area contributed by atoms with Gasteiger partial charge in [0, 0.05) is 21.9 Å². The van der Waals surface area contributed by atoms with Gasteiger partial charge in [-0.1, -0.05) is 296 Å². The number of aromatic nitrogens is 2. The zero-order valence-corrected chi connectivity index (χ0v) is 52.5. The molecule has 0 saturated carbocycles. The van der Waals surface area contributed by atoms with Crippen molar-refractivity contribution in [1.29, 1.82) is 0 Å². The number of rotatable bonds is 4. The summed E-state index contributed by atoms with van der Waals surface area (Å²) in [5.74, 6) is 0. The summed E-state index contributed by atoms with van der Waals surface area (Å²) < 4.78 is 0. The molecule has 91 heavy (non-hydrogen) atoms. The van der Waals surface area contributed by atoms with Crippen molar-refractivity contribution in [1.82, 2.24) is 9.97 Å². The highest BCUT2D eigenvalue weighted by Gasteiger charge is 2.54. The minimum atomic E-state index is -0.511. The molecule has 13 aromatic carbocycles. The molecule has 0 fully saturated rings. The second-order valence-electron chi connectivity index (χ2n) is 27.8. The average molecular weight is 1180 g/mol. The maximum Gasteiger partial charge on any atom is 0.109 e.